The molecule has 0 aliphatic carbocycles. The minimum absolute atomic E-state index is 0.921. The van der Waals surface area contributed by atoms with Crippen LogP contribution >= 0.6 is 0 Å². The molecule has 2 aromatic heterocycles. The van der Waals surface area contributed by atoms with Gasteiger partial charge in [-0.15, -0.1) is 0 Å². The minimum Gasteiger partial charge on any atom is -0.456 e. The number of rotatable bonds is 3. The highest BCUT2D eigenvalue weighted by molar-refractivity contribution is 6.11. The van der Waals surface area contributed by atoms with Crippen molar-refractivity contribution in [2.75, 3.05) is 0 Å². The Hall–Kier alpha value is -5.60. The average Bonchev–Trinajstić information content (AvgIpc) is 3.59. The van der Waals surface area contributed by atoms with Gasteiger partial charge in [0.05, 0.1) is 11.0 Å². The second kappa shape index (κ2) is 8.95. The van der Waals surface area contributed by atoms with Crippen LogP contribution in [0.1, 0.15) is 0 Å². The quantitative estimate of drug-likeness (QED) is 0.220. The summed E-state index contributed by atoms with van der Waals surface area (Å²) in [5, 5.41) is 7.34. The van der Waals surface area contributed by atoms with Crippen LogP contribution in [0.2, 0.25) is 0 Å². The fraction of sp³-hybridized carbons (Fsp3) is 0. The SMILES string of the molecule is c1ccc2c(-c3ccc(-n4c5ccccc5c5cc(-c6ccc7oc8ccccc8c7c6)ccc54)cc3)cccc2c1. The summed E-state index contributed by atoms with van der Waals surface area (Å²) < 4.78 is 8.46. The molecule has 9 rings (SSSR count). The third-order valence-corrected chi connectivity index (χ3v) is 8.61. The van der Waals surface area contributed by atoms with Crippen LogP contribution in [0.3, 0.4) is 0 Å². The number of nitrogens with zero attached hydrogens (tertiary/aromatic N) is 1. The number of aromatic nitrogens is 1. The molecule has 0 radical (unpaired) electrons. The van der Waals surface area contributed by atoms with Crippen LogP contribution in [-0.4, -0.2) is 4.57 Å². The summed E-state index contributed by atoms with van der Waals surface area (Å²) in [7, 11) is 0. The molecule has 0 bridgehead atoms. The summed E-state index contributed by atoms with van der Waals surface area (Å²) in [6, 6.07) is 54.4. The van der Waals surface area contributed by atoms with Gasteiger partial charge in [-0.25, -0.2) is 0 Å². The lowest BCUT2D eigenvalue weighted by molar-refractivity contribution is 0.669. The first kappa shape index (κ1) is 23.1. The third-order valence-electron chi connectivity index (χ3n) is 8.61. The molecule has 0 spiro atoms. The van der Waals surface area contributed by atoms with Gasteiger partial charge in [-0.2, -0.15) is 0 Å². The molecule has 2 nitrogen and oxygen atoms in total. The van der Waals surface area contributed by atoms with Crippen molar-refractivity contribution >= 4 is 54.5 Å². The number of benzene rings is 7. The molecule has 9 aromatic rings. The van der Waals surface area contributed by atoms with Gasteiger partial charge in [0.25, 0.3) is 0 Å². The predicted molar refractivity (Wildman–Crippen MR) is 176 cm³/mol. The second-order valence-electron chi connectivity index (χ2n) is 11.0. The Morgan fingerprint density at radius 2 is 1.00 bits per heavy atom. The van der Waals surface area contributed by atoms with E-state index in [2.05, 4.69) is 144 Å². The van der Waals surface area contributed by atoms with E-state index >= 15 is 0 Å². The van der Waals surface area contributed by atoms with E-state index in [9.17, 15) is 0 Å². The van der Waals surface area contributed by atoms with Crippen molar-refractivity contribution in [1.82, 2.24) is 4.57 Å². The van der Waals surface area contributed by atoms with Crippen molar-refractivity contribution in [1.29, 1.82) is 0 Å². The standard InChI is InChI=1S/C40H25NO/c1-2-10-31-26(8-1)9-7-13-32(31)27-16-20-30(21-17-27)41-37-14-5-3-11-33(37)35-24-28(18-22-38(35)41)29-19-23-40-36(25-29)34-12-4-6-15-39(34)42-40/h1-25H. The topological polar surface area (TPSA) is 18.1 Å². The molecule has 0 unspecified atom stereocenters. The minimum atomic E-state index is 0.921. The lowest BCUT2D eigenvalue weighted by atomic mass is 9.98. The zero-order valence-corrected chi connectivity index (χ0v) is 22.8. The molecule has 0 amide bonds. The first-order valence-corrected chi connectivity index (χ1v) is 14.4. The van der Waals surface area contributed by atoms with E-state index in [0.717, 1.165) is 27.6 Å². The van der Waals surface area contributed by atoms with Gasteiger partial charge in [-0.1, -0.05) is 103 Å². The molecule has 196 valence electrons. The van der Waals surface area contributed by atoms with Crippen LogP contribution in [0.4, 0.5) is 0 Å². The van der Waals surface area contributed by atoms with Crippen molar-refractivity contribution in [2.45, 2.75) is 0 Å². The van der Waals surface area contributed by atoms with Crippen LogP contribution in [0.15, 0.2) is 156 Å². The van der Waals surface area contributed by atoms with Crippen LogP contribution in [-0.2, 0) is 0 Å². The van der Waals surface area contributed by atoms with Gasteiger partial charge in [0.2, 0.25) is 0 Å². The van der Waals surface area contributed by atoms with E-state index in [-0.39, 0.29) is 0 Å². The Morgan fingerprint density at radius 3 is 1.88 bits per heavy atom. The molecule has 0 aliphatic heterocycles. The fourth-order valence-electron chi connectivity index (χ4n) is 6.60. The molecule has 0 fully saturated rings. The number of para-hydroxylation sites is 2. The van der Waals surface area contributed by atoms with E-state index in [4.69, 9.17) is 4.42 Å². The Kier molecular flexibility index (Phi) is 4.93. The van der Waals surface area contributed by atoms with Crippen LogP contribution in [0.25, 0.3) is 82.5 Å². The Labute approximate surface area is 242 Å². The van der Waals surface area contributed by atoms with Crippen molar-refractivity contribution in [3.63, 3.8) is 0 Å². The first-order valence-electron chi connectivity index (χ1n) is 14.4. The summed E-state index contributed by atoms with van der Waals surface area (Å²) in [5.74, 6) is 0. The van der Waals surface area contributed by atoms with Crippen molar-refractivity contribution in [3.05, 3.63) is 152 Å². The number of hydrogen-bond donors (Lipinski definition) is 0. The Balaban J connectivity index is 1.19. The second-order valence-corrected chi connectivity index (χ2v) is 11.0. The van der Waals surface area contributed by atoms with Gasteiger partial charge in [0.15, 0.2) is 0 Å². The lowest BCUT2D eigenvalue weighted by Gasteiger charge is -2.11. The van der Waals surface area contributed by atoms with Gasteiger partial charge in [-0.05, 0) is 81.6 Å². The maximum Gasteiger partial charge on any atom is 0.135 e. The molecular weight excluding hydrogens is 510 g/mol. The number of furan rings is 1. The molecule has 42 heavy (non-hydrogen) atoms. The van der Waals surface area contributed by atoms with E-state index in [0.29, 0.717) is 0 Å². The highest BCUT2D eigenvalue weighted by Gasteiger charge is 2.15. The summed E-state index contributed by atoms with van der Waals surface area (Å²) in [4.78, 5) is 0. The summed E-state index contributed by atoms with van der Waals surface area (Å²) in [6.07, 6.45) is 0. The monoisotopic (exact) mass is 535 g/mol. The molecule has 0 aliphatic rings. The lowest BCUT2D eigenvalue weighted by Crippen LogP contribution is -1.93. The predicted octanol–water partition coefficient (Wildman–Crippen LogP) is 11.2. The molecular formula is C40H25NO. The van der Waals surface area contributed by atoms with Crippen molar-refractivity contribution < 1.29 is 4.42 Å². The smallest absolute Gasteiger partial charge is 0.135 e. The molecule has 0 N–H and O–H groups in total. The number of hydrogen-bond acceptors (Lipinski definition) is 1. The van der Waals surface area contributed by atoms with Gasteiger partial charge >= 0.3 is 0 Å². The summed E-state index contributed by atoms with van der Waals surface area (Å²) in [6.45, 7) is 0. The van der Waals surface area contributed by atoms with Crippen LogP contribution in [0.5, 0.6) is 0 Å². The molecule has 2 heteroatoms. The largest absolute Gasteiger partial charge is 0.456 e. The Bertz CT molecular complexity index is 2450. The third kappa shape index (κ3) is 3.45. The van der Waals surface area contributed by atoms with E-state index in [1.807, 2.05) is 12.1 Å². The number of fused-ring (bicyclic) bond motifs is 7. The van der Waals surface area contributed by atoms with Crippen molar-refractivity contribution in [2.24, 2.45) is 0 Å². The normalized spacial score (nSPS) is 11.8. The van der Waals surface area contributed by atoms with Gasteiger partial charge in [0, 0.05) is 27.2 Å². The van der Waals surface area contributed by atoms with Gasteiger partial charge < -0.3 is 8.98 Å². The molecule has 0 saturated carbocycles. The highest BCUT2D eigenvalue weighted by Crippen LogP contribution is 2.38. The first-order chi connectivity index (χ1) is 20.8. The summed E-state index contributed by atoms with van der Waals surface area (Å²) >= 11 is 0. The summed E-state index contributed by atoms with van der Waals surface area (Å²) in [5.41, 5.74) is 10.3. The fourth-order valence-corrected chi connectivity index (χ4v) is 6.60. The molecule has 2 heterocycles. The average molecular weight is 536 g/mol. The maximum absolute atomic E-state index is 6.08. The van der Waals surface area contributed by atoms with Crippen LogP contribution < -0.4 is 0 Å². The molecule has 7 aromatic carbocycles. The van der Waals surface area contributed by atoms with Gasteiger partial charge in [0.1, 0.15) is 11.2 Å². The van der Waals surface area contributed by atoms with E-state index in [1.54, 1.807) is 0 Å². The maximum atomic E-state index is 6.08. The molecule has 0 saturated heterocycles. The van der Waals surface area contributed by atoms with Crippen LogP contribution in [0, 0.1) is 0 Å². The zero-order chi connectivity index (χ0) is 27.6. The highest BCUT2D eigenvalue weighted by atomic mass is 16.3. The van der Waals surface area contributed by atoms with E-state index in [1.165, 1.54) is 54.8 Å². The Morgan fingerprint density at radius 1 is 0.381 bits per heavy atom. The van der Waals surface area contributed by atoms with Gasteiger partial charge in [-0.3, -0.25) is 0 Å². The zero-order valence-electron chi connectivity index (χ0n) is 22.8. The van der Waals surface area contributed by atoms with E-state index < -0.39 is 0 Å². The molecule has 0 atom stereocenters. The van der Waals surface area contributed by atoms with Crippen molar-refractivity contribution in [3.8, 4) is 27.9 Å².